The molecule has 0 unspecified atom stereocenters. The first kappa shape index (κ1) is 26.3. The van der Waals surface area contributed by atoms with Crippen molar-refractivity contribution in [3.8, 4) is 0 Å². The van der Waals surface area contributed by atoms with Crippen LogP contribution in [0.4, 0.5) is 5.00 Å². The fourth-order valence-corrected chi connectivity index (χ4v) is 6.79. The Hall–Kier alpha value is -2.27. The number of carbonyl (C=O) groups is 2. The van der Waals surface area contributed by atoms with Crippen LogP contribution in [0.25, 0.3) is 0 Å². The van der Waals surface area contributed by atoms with Gasteiger partial charge in [-0.1, -0.05) is 13.8 Å². The third-order valence-electron chi connectivity index (χ3n) is 6.12. The van der Waals surface area contributed by atoms with Gasteiger partial charge in [-0.25, -0.2) is 8.42 Å². The standard InChI is InChI=1S/C24H34N4O4S2/c1-7-28(8-2)34(31,32)18-11-9-17(10-12-18)22(29)25-23-21(24(30)26(5)6)19-13-14-27(16(3)4)15-20(19)33-23/h9-12,16H,7-8,13-15H2,1-6H3,(H,25,29). The molecule has 2 heterocycles. The predicted octanol–water partition coefficient (Wildman–Crippen LogP) is 3.50. The van der Waals surface area contributed by atoms with E-state index in [1.54, 1.807) is 27.9 Å². The van der Waals surface area contributed by atoms with Gasteiger partial charge >= 0.3 is 0 Å². The molecular weight excluding hydrogens is 472 g/mol. The average Bonchev–Trinajstić information content (AvgIpc) is 3.15. The number of fused-ring (bicyclic) bond motifs is 1. The van der Waals surface area contributed by atoms with E-state index in [-0.39, 0.29) is 16.7 Å². The van der Waals surface area contributed by atoms with Crippen LogP contribution in [-0.2, 0) is 23.0 Å². The summed E-state index contributed by atoms with van der Waals surface area (Å²) in [5, 5.41) is 3.46. The van der Waals surface area contributed by atoms with E-state index in [2.05, 4.69) is 24.1 Å². The number of rotatable bonds is 8. The smallest absolute Gasteiger partial charge is 0.256 e. The first-order chi connectivity index (χ1) is 16.0. The van der Waals surface area contributed by atoms with Gasteiger partial charge in [0, 0.05) is 56.8 Å². The average molecular weight is 507 g/mol. The van der Waals surface area contributed by atoms with Crippen molar-refractivity contribution in [1.29, 1.82) is 0 Å². The van der Waals surface area contributed by atoms with Gasteiger partial charge in [-0.2, -0.15) is 4.31 Å². The van der Waals surface area contributed by atoms with Gasteiger partial charge in [0.2, 0.25) is 10.0 Å². The number of sulfonamides is 1. The first-order valence-corrected chi connectivity index (χ1v) is 13.8. The van der Waals surface area contributed by atoms with Crippen molar-refractivity contribution in [3.63, 3.8) is 0 Å². The van der Waals surface area contributed by atoms with E-state index in [0.29, 0.717) is 35.3 Å². The van der Waals surface area contributed by atoms with Crippen molar-refractivity contribution in [1.82, 2.24) is 14.1 Å². The van der Waals surface area contributed by atoms with E-state index in [9.17, 15) is 18.0 Å². The fraction of sp³-hybridized carbons (Fsp3) is 0.500. The number of carbonyl (C=O) groups excluding carboxylic acids is 2. The highest BCUT2D eigenvalue weighted by Gasteiger charge is 2.30. The van der Waals surface area contributed by atoms with E-state index in [1.165, 1.54) is 44.8 Å². The van der Waals surface area contributed by atoms with Crippen LogP contribution in [0.5, 0.6) is 0 Å². The SMILES string of the molecule is CCN(CC)S(=O)(=O)c1ccc(C(=O)Nc2sc3c(c2C(=O)N(C)C)CCN(C(C)C)C3)cc1. The Morgan fingerprint density at radius 2 is 1.74 bits per heavy atom. The largest absolute Gasteiger partial charge is 0.345 e. The molecular formula is C24H34N4O4S2. The lowest BCUT2D eigenvalue weighted by molar-refractivity contribution is 0.0827. The number of nitrogens with zero attached hydrogens (tertiary/aromatic N) is 3. The molecule has 34 heavy (non-hydrogen) atoms. The molecule has 0 fully saturated rings. The van der Waals surface area contributed by atoms with Crippen LogP contribution in [-0.4, -0.2) is 74.1 Å². The molecule has 3 rings (SSSR count). The zero-order valence-electron chi connectivity index (χ0n) is 20.7. The molecule has 186 valence electrons. The molecule has 0 aliphatic carbocycles. The Bertz CT molecular complexity index is 1150. The van der Waals surface area contributed by atoms with Crippen LogP contribution >= 0.6 is 11.3 Å². The summed E-state index contributed by atoms with van der Waals surface area (Å²) in [5.74, 6) is -0.509. The van der Waals surface area contributed by atoms with Crippen molar-refractivity contribution < 1.29 is 18.0 Å². The van der Waals surface area contributed by atoms with Crippen LogP contribution in [0.3, 0.4) is 0 Å². The van der Waals surface area contributed by atoms with Gasteiger partial charge in [0.05, 0.1) is 10.5 Å². The second-order valence-electron chi connectivity index (χ2n) is 8.79. The molecule has 10 heteroatoms. The van der Waals surface area contributed by atoms with E-state index < -0.39 is 10.0 Å². The molecule has 8 nitrogen and oxygen atoms in total. The molecule has 2 aromatic rings. The van der Waals surface area contributed by atoms with Crippen LogP contribution in [0.15, 0.2) is 29.2 Å². The third-order valence-corrected chi connectivity index (χ3v) is 9.32. The second kappa shape index (κ2) is 10.6. The minimum atomic E-state index is -3.60. The maximum atomic E-state index is 13.1. The van der Waals surface area contributed by atoms with Gasteiger partial charge in [-0.15, -0.1) is 11.3 Å². The highest BCUT2D eigenvalue weighted by Crippen LogP contribution is 2.38. The number of hydrogen-bond donors (Lipinski definition) is 1. The summed E-state index contributed by atoms with van der Waals surface area (Å²) in [4.78, 5) is 31.2. The molecule has 0 radical (unpaired) electrons. The summed E-state index contributed by atoms with van der Waals surface area (Å²) >= 11 is 1.45. The topological polar surface area (TPSA) is 90.0 Å². The predicted molar refractivity (Wildman–Crippen MR) is 136 cm³/mol. The Labute approximate surface area is 206 Å². The van der Waals surface area contributed by atoms with Crippen LogP contribution in [0.1, 0.15) is 58.9 Å². The van der Waals surface area contributed by atoms with E-state index in [1.807, 2.05) is 0 Å². The molecule has 1 aromatic carbocycles. The third kappa shape index (κ3) is 5.19. The van der Waals surface area contributed by atoms with Crippen molar-refractivity contribution in [2.45, 2.75) is 51.6 Å². The Morgan fingerprint density at radius 3 is 2.26 bits per heavy atom. The van der Waals surface area contributed by atoms with E-state index in [0.717, 1.165) is 30.0 Å². The summed E-state index contributed by atoms with van der Waals surface area (Å²) in [6.45, 7) is 10.2. The molecule has 1 aromatic heterocycles. The lowest BCUT2D eigenvalue weighted by atomic mass is 10.0. The number of amides is 2. The second-order valence-corrected chi connectivity index (χ2v) is 11.8. The van der Waals surface area contributed by atoms with E-state index in [4.69, 9.17) is 0 Å². The maximum absolute atomic E-state index is 13.1. The molecule has 1 N–H and O–H groups in total. The van der Waals surface area contributed by atoms with Crippen LogP contribution < -0.4 is 5.32 Å². The maximum Gasteiger partial charge on any atom is 0.256 e. The molecule has 1 aliphatic heterocycles. The number of hydrogen-bond acceptors (Lipinski definition) is 6. The van der Waals surface area contributed by atoms with E-state index >= 15 is 0 Å². The lowest BCUT2D eigenvalue weighted by Gasteiger charge is -2.30. The Kier molecular flexibility index (Phi) is 8.18. The minimum Gasteiger partial charge on any atom is -0.345 e. The van der Waals surface area contributed by atoms with Crippen LogP contribution in [0, 0.1) is 0 Å². The van der Waals surface area contributed by atoms with Crippen molar-refractivity contribution in [2.24, 2.45) is 0 Å². The highest BCUT2D eigenvalue weighted by atomic mass is 32.2. The molecule has 2 amide bonds. The van der Waals surface area contributed by atoms with Crippen molar-refractivity contribution in [3.05, 3.63) is 45.8 Å². The summed E-state index contributed by atoms with van der Waals surface area (Å²) in [7, 11) is -0.186. The molecule has 0 saturated heterocycles. The van der Waals surface area contributed by atoms with Crippen LogP contribution in [0.2, 0.25) is 0 Å². The van der Waals surface area contributed by atoms with Gasteiger partial charge < -0.3 is 10.2 Å². The quantitative estimate of drug-likeness (QED) is 0.592. The molecule has 0 bridgehead atoms. The monoisotopic (exact) mass is 506 g/mol. The Balaban J connectivity index is 1.89. The van der Waals surface area contributed by atoms with Gasteiger partial charge in [0.25, 0.3) is 11.8 Å². The molecule has 0 saturated carbocycles. The summed E-state index contributed by atoms with van der Waals surface area (Å²) in [5.41, 5.74) is 1.90. The van der Waals surface area contributed by atoms with Crippen molar-refractivity contribution >= 4 is 38.2 Å². The fourth-order valence-electron chi connectivity index (χ4n) is 4.07. The normalized spacial score (nSPS) is 14.4. The molecule has 0 spiro atoms. The van der Waals surface area contributed by atoms with Gasteiger partial charge in [0.15, 0.2) is 0 Å². The lowest BCUT2D eigenvalue weighted by Crippen LogP contribution is -2.36. The summed E-state index contributed by atoms with van der Waals surface area (Å²) in [6, 6.07) is 6.32. The number of anilines is 1. The minimum absolute atomic E-state index is 0.133. The molecule has 0 atom stereocenters. The van der Waals surface area contributed by atoms with Gasteiger partial charge in [-0.05, 0) is 50.1 Å². The Morgan fingerprint density at radius 1 is 1.12 bits per heavy atom. The summed E-state index contributed by atoms with van der Waals surface area (Å²) < 4.78 is 26.8. The zero-order valence-corrected chi connectivity index (χ0v) is 22.3. The number of nitrogens with one attached hydrogen (secondary N) is 1. The van der Waals surface area contributed by atoms with Crippen molar-refractivity contribution in [2.75, 3.05) is 39.0 Å². The number of benzene rings is 1. The van der Waals surface area contributed by atoms with Gasteiger partial charge in [-0.3, -0.25) is 14.5 Å². The number of thiophene rings is 1. The first-order valence-electron chi connectivity index (χ1n) is 11.5. The summed E-state index contributed by atoms with van der Waals surface area (Å²) in [6.07, 6.45) is 0.757. The molecule has 1 aliphatic rings. The van der Waals surface area contributed by atoms with Gasteiger partial charge in [0.1, 0.15) is 5.00 Å². The zero-order chi connectivity index (χ0) is 25.2. The highest BCUT2D eigenvalue weighted by molar-refractivity contribution is 7.89.